The highest BCUT2D eigenvalue weighted by Gasteiger charge is 2.31. The number of methoxy groups -OCH3 is 5. The SMILES string of the molecule is COC(=O)C(=CC=Cc1ccccc1)C(C)=O.COC(=O)C(C(C)=O)C(/C=C/c1ccccc1)OC.COC(=O)CC(C)=O.COC/C=C/c1ccccc1. The number of benzene rings is 3. The maximum absolute atomic E-state index is 11.6. The van der Waals surface area contributed by atoms with Crippen LogP contribution in [0.3, 0.4) is 0 Å². The van der Waals surface area contributed by atoms with Gasteiger partial charge in [-0.1, -0.05) is 127 Å². The van der Waals surface area contributed by atoms with Crippen LogP contribution in [-0.4, -0.2) is 83.5 Å². The normalized spacial score (nSPS) is 11.7. The third-order valence-electron chi connectivity index (χ3n) is 6.90. The number of ether oxygens (including phenoxy) is 5. The van der Waals surface area contributed by atoms with Gasteiger partial charge in [0.1, 0.15) is 29.5 Å². The van der Waals surface area contributed by atoms with Gasteiger partial charge in [-0.05, 0) is 43.5 Å². The Morgan fingerprint density at radius 3 is 1.47 bits per heavy atom. The summed E-state index contributed by atoms with van der Waals surface area (Å²) in [6.45, 7) is 4.70. The molecule has 0 heterocycles. The Kier molecular flexibility index (Phi) is 27.1. The van der Waals surface area contributed by atoms with Crippen LogP contribution in [-0.2, 0) is 52.5 Å². The maximum Gasteiger partial charge on any atom is 0.341 e. The molecule has 0 N–H and O–H groups in total. The maximum atomic E-state index is 11.6. The van der Waals surface area contributed by atoms with E-state index in [1.54, 1.807) is 19.3 Å². The van der Waals surface area contributed by atoms with Crippen molar-refractivity contribution in [2.75, 3.05) is 42.2 Å². The molecule has 55 heavy (non-hydrogen) atoms. The molecule has 0 bridgehead atoms. The fourth-order valence-corrected chi connectivity index (χ4v) is 4.13. The lowest BCUT2D eigenvalue weighted by molar-refractivity contribution is -0.153. The molecule has 2 atom stereocenters. The zero-order valence-electron chi connectivity index (χ0n) is 32.8. The average molecular weight is 757 g/mol. The number of hydrogen-bond donors (Lipinski definition) is 0. The van der Waals surface area contributed by atoms with Gasteiger partial charge in [-0.25, -0.2) is 4.79 Å². The van der Waals surface area contributed by atoms with E-state index < -0.39 is 29.9 Å². The quantitative estimate of drug-likeness (QED) is 0.0396. The van der Waals surface area contributed by atoms with Crippen LogP contribution in [0.4, 0.5) is 0 Å². The summed E-state index contributed by atoms with van der Waals surface area (Å²) in [5.74, 6) is -3.37. The van der Waals surface area contributed by atoms with Gasteiger partial charge in [-0.3, -0.25) is 24.0 Å². The highest BCUT2D eigenvalue weighted by molar-refractivity contribution is 6.16. The molecule has 11 nitrogen and oxygen atoms in total. The molecule has 294 valence electrons. The van der Waals surface area contributed by atoms with E-state index in [-0.39, 0.29) is 29.3 Å². The van der Waals surface area contributed by atoms with E-state index in [4.69, 9.17) is 9.47 Å². The van der Waals surface area contributed by atoms with Gasteiger partial charge in [-0.2, -0.15) is 0 Å². The molecule has 0 saturated heterocycles. The monoisotopic (exact) mass is 756 g/mol. The molecule has 0 fully saturated rings. The van der Waals surface area contributed by atoms with Crippen LogP contribution >= 0.6 is 0 Å². The van der Waals surface area contributed by atoms with Gasteiger partial charge in [0, 0.05) is 14.2 Å². The largest absolute Gasteiger partial charge is 0.469 e. The summed E-state index contributed by atoms with van der Waals surface area (Å²) in [5.41, 5.74) is 3.22. The number of esters is 3. The molecule has 0 amide bonds. The van der Waals surface area contributed by atoms with Crippen molar-refractivity contribution in [1.29, 1.82) is 0 Å². The first-order valence-corrected chi connectivity index (χ1v) is 17.0. The number of ketones is 3. The first-order valence-electron chi connectivity index (χ1n) is 17.0. The molecular weight excluding hydrogens is 704 g/mol. The van der Waals surface area contributed by atoms with Crippen molar-refractivity contribution in [3.63, 3.8) is 0 Å². The summed E-state index contributed by atoms with van der Waals surface area (Å²) >= 11 is 0. The van der Waals surface area contributed by atoms with Crippen LogP contribution in [0.15, 0.2) is 121 Å². The molecule has 0 aromatic heterocycles. The van der Waals surface area contributed by atoms with Crippen molar-refractivity contribution in [3.8, 4) is 0 Å². The second kappa shape index (κ2) is 30.4. The molecule has 3 aromatic carbocycles. The summed E-state index contributed by atoms with van der Waals surface area (Å²) in [6, 6.07) is 29.3. The molecule has 3 aromatic rings. The fraction of sp³-hybridized carbons (Fsp3) is 0.273. The Bertz CT molecular complexity index is 1710. The molecule has 0 saturated carbocycles. The Labute approximate surface area is 324 Å². The topological polar surface area (TPSA) is 149 Å². The van der Waals surface area contributed by atoms with Gasteiger partial charge < -0.3 is 23.7 Å². The lowest BCUT2D eigenvalue weighted by atomic mass is 9.97. The zero-order chi connectivity index (χ0) is 41.4. The highest BCUT2D eigenvalue weighted by atomic mass is 16.5. The predicted octanol–water partition coefficient (Wildman–Crippen LogP) is 6.97. The standard InChI is InChI=1S/C15H18O4.C14H14O3.C10H12O.C5H8O3/c1-11(16)14(15(17)19-3)13(18-2)10-9-12-7-5-4-6-8-12;1-11(15)13(14(16)17-2)10-6-9-12-7-4-3-5-8-12;1-11-9-5-8-10-6-3-2-4-7-10;1-4(6)3-5(7)8-2/h4-10,13-14H,1-3H3;3-10H,1-2H3;2-8H,9H2,1H3;3H2,1-2H3/b10-9+;;8-5+;. The molecule has 2 unspecified atom stereocenters. The smallest absolute Gasteiger partial charge is 0.341 e. The molecule has 0 spiro atoms. The first kappa shape index (κ1) is 49.0. The summed E-state index contributed by atoms with van der Waals surface area (Å²) in [5, 5.41) is 0. The van der Waals surface area contributed by atoms with Crippen molar-refractivity contribution in [2.24, 2.45) is 5.92 Å². The highest BCUT2D eigenvalue weighted by Crippen LogP contribution is 2.15. The summed E-state index contributed by atoms with van der Waals surface area (Å²) in [7, 11) is 6.91. The zero-order valence-corrected chi connectivity index (χ0v) is 32.8. The third-order valence-corrected chi connectivity index (χ3v) is 6.90. The average Bonchev–Trinajstić information content (AvgIpc) is 3.19. The molecule has 11 heteroatoms. The van der Waals surface area contributed by atoms with Gasteiger partial charge >= 0.3 is 17.9 Å². The molecule has 3 rings (SSSR count). The Morgan fingerprint density at radius 1 is 0.618 bits per heavy atom. The number of carbonyl (C=O) groups excluding carboxylic acids is 6. The van der Waals surface area contributed by atoms with Crippen LogP contribution in [0, 0.1) is 5.92 Å². The molecule has 0 aliphatic rings. The predicted molar refractivity (Wildman–Crippen MR) is 213 cm³/mol. The third kappa shape index (κ3) is 23.3. The minimum atomic E-state index is -0.935. The summed E-state index contributed by atoms with van der Waals surface area (Å²) < 4.78 is 23.4. The van der Waals surface area contributed by atoms with Crippen molar-refractivity contribution in [1.82, 2.24) is 0 Å². The summed E-state index contributed by atoms with van der Waals surface area (Å²) in [6.07, 6.45) is 11.7. The van der Waals surface area contributed by atoms with Crippen molar-refractivity contribution < 1.29 is 52.5 Å². The van der Waals surface area contributed by atoms with E-state index in [0.717, 1.165) is 11.1 Å². The van der Waals surface area contributed by atoms with Gasteiger partial charge in [0.05, 0.1) is 34.0 Å². The van der Waals surface area contributed by atoms with Gasteiger partial charge in [0.2, 0.25) is 0 Å². The number of carbonyl (C=O) groups is 6. The van der Waals surface area contributed by atoms with Crippen LogP contribution in [0.25, 0.3) is 18.2 Å². The fourth-order valence-electron chi connectivity index (χ4n) is 4.13. The molecule has 0 radical (unpaired) electrons. The Balaban J connectivity index is 0.000000742. The van der Waals surface area contributed by atoms with E-state index in [9.17, 15) is 28.8 Å². The van der Waals surface area contributed by atoms with Crippen molar-refractivity contribution in [3.05, 3.63) is 138 Å². The number of hydrogen-bond acceptors (Lipinski definition) is 11. The van der Waals surface area contributed by atoms with Crippen LogP contribution in [0.5, 0.6) is 0 Å². The lowest BCUT2D eigenvalue weighted by Gasteiger charge is -2.18. The van der Waals surface area contributed by atoms with Crippen molar-refractivity contribution >= 4 is 53.5 Å². The second-order valence-electron chi connectivity index (χ2n) is 11.2. The van der Waals surface area contributed by atoms with Gasteiger partial charge in [0.25, 0.3) is 0 Å². The molecular formula is C44H52O11. The molecule has 0 aliphatic heterocycles. The number of rotatable bonds is 15. The second-order valence-corrected chi connectivity index (χ2v) is 11.2. The van der Waals surface area contributed by atoms with Crippen LogP contribution in [0.2, 0.25) is 0 Å². The van der Waals surface area contributed by atoms with E-state index >= 15 is 0 Å². The number of allylic oxidation sites excluding steroid dienone is 2. The van der Waals surface area contributed by atoms with Crippen LogP contribution in [0.1, 0.15) is 43.9 Å². The van der Waals surface area contributed by atoms with Crippen molar-refractivity contribution in [2.45, 2.75) is 33.3 Å². The van der Waals surface area contributed by atoms with Gasteiger partial charge in [0.15, 0.2) is 5.78 Å². The van der Waals surface area contributed by atoms with E-state index in [2.05, 4.69) is 26.3 Å². The van der Waals surface area contributed by atoms with E-state index in [1.165, 1.54) is 60.8 Å². The summed E-state index contributed by atoms with van der Waals surface area (Å²) in [4.78, 5) is 65.9. The van der Waals surface area contributed by atoms with E-state index in [1.807, 2.05) is 103 Å². The minimum Gasteiger partial charge on any atom is -0.469 e. The van der Waals surface area contributed by atoms with Crippen LogP contribution < -0.4 is 0 Å². The first-order chi connectivity index (χ1) is 26.3. The Hall–Kier alpha value is -6.04. The van der Waals surface area contributed by atoms with E-state index in [0.29, 0.717) is 6.61 Å². The number of Topliss-reactive ketones (excluding diaryl/α,β-unsaturated/α-hetero) is 3. The molecule has 0 aliphatic carbocycles. The van der Waals surface area contributed by atoms with Gasteiger partial charge in [-0.15, -0.1) is 0 Å². The lowest BCUT2D eigenvalue weighted by Crippen LogP contribution is -2.34. The Morgan fingerprint density at radius 2 is 1.11 bits per heavy atom. The minimum absolute atomic E-state index is 0.0414.